The molecule has 0 bridgehead atoms. The third-order valence-corrected chi connectivity index (χ3v) is 6.10. The first-order valence-corrected chi connectivity index (χ1v) is 10.8. The number of hydrogen-bond acceptors (Lipinski definition) is 4. The van der Waals surface area contributed by atoms with Gasteiger partial charge >= 0.3 is 0 Å². The third kappa shape index (κ3) is 4.07. The summed E-state index contributed by atoms with van der Waals surface area (Å²) < 4.78 is 6.32. The van der Waals surface area contributed by atoms with Gasteiger partial charge in [-0.2, -0.15) is 0 Å². The summed E-state index contributed by atoms with van der Waals surface area (Å²) in [4.78, 5) is 20.2. The largest absolute Gasteiger partial charge is 0.497 e. The number of carbonyl (C=O) groups excluding carboxylic acids is 1. The Morgan fingerprint density at radius 3 is 2.40 bits per heavy atom. The summed E-state index contributed by atoms with van der Waals surface area (Å²) in [6.45, 7) is 4.79. The Morgan fingerprint density at radius 2 is 1.73 bits per heavy atom. The SMILES string of the molecule is COc1ccc(C(=O)N(Cc2ccccc2)c2nc3c(C(C)C)cccc3s2)cc1. The van der Waals surface area contributed by atoms with E-state index in [0.717, 1.165) is 21.5 Å². The molecule has 0 N–H and O–H groups in total. The van der Waals surface area contributed by atoms with Gasteiger partial charge in [0.05, 0.1) is 23.9 Å². The average molecular weight is 417 g/mol. The maximum atomic E-state index is 13.5. The summed E-state index contributed by atoms with van der Waals surface area (Å²) in [6.07, 6.45) is 0. The minimum atomic E-state index is -0.0772. The number of thiazole rings is 1. The Labute approximate surface area is 180 Å². The summed E-state index contributed by atoms with van der Waals surface area (Å²) >= 11 is 1.56. The quantitative estimate of drug-likeness (QED) is 0.372. The molecule has 4 nitrogen and oxygen atoms in total. The van der Waals surface area contributed by atoms with Crippen LogP contribution in [0.25, 0.3) is 10.2 Å². The Hall–Kier alpha value is -3.18. The van der Waals surface area contributed by atoms with Crippen LogP contribution in [0.15, 0.2) is 72.8 Å². The number of aromatic nitrogens is 1. The van der Waals surface area contributed by atoms with E-state index in [1.807, 2.05) is 42.5 Å². The molecule has 5 heteroatoms. The van der Waals surface area contributed by atoms with Crippen LogP contribution >= 0.6 is 11.3 Å². The van der Waals surface area contributed by atoms with E-state index in [4.69, 9.17) is 9.72 Å². The number of methoxy groups -OCH3 is 1. The van der Waals surface area contributed by atoms with E-state index >= 15 is 0 Å². The second-order valence-corrected chi connectivity index (χ2v) is 8.46. The van der Waals surface area contributed by atoms with Crippen molar-refractivity contribution in [2.75, 3.05) is 12.0 Å². The van der Waals surface area contributed by atoms with Crippen molar-refractivity contribution in [2.45, 2.75) is 26.3 Å². The number of fused-ring (bicyclic) bond motifs is 1. The first-order valence-electron chi connectivity index (χ1n) is 9.96. The van der Waals surface area contributed by atoms with E-state index < -0.39 is 0 Å². The number of nitrogens with zero attached hydrogens (tertiary/aromatic N) is 2. The first-order chi connectivity index (χ1) is 14.6. The monoisotopic (exact) mass is 416 g/mol. The second kappa shape index (κ2) is 8.67. The number of anilines is 1. The van der Waals surface area contributed by atoms with Gasteiger partial charge in [-0.1, -0.05) is 67.6 Å². The smallest absolute Gasteiger partial charge is 0.260 e. The van der Waals surface area contributed by atoms with E-state index in [9.17, 15) is 4.79 Å². The lowest BCUT2D eigenvalue weighted by Gasteiger charge is -2.20. The van der Waals surface area contributed by atoms with Crippen LogP contribution in [0.2, 0.25) is 0 Å². The molecule has 0 saturated heterocycles. The molecule has 0 aliphatic carbocycles. The van der Waals surface area contributed by atoms with Crippen LogP contribution in [-0.2, 0) is 6.54 Å². The highest BCUT2D eigenvalue weighted by Crippen LogP contribution is 2.34. The zero-order valence-electron chi connectivity index (χ0n) is 17.3. The molecule has 0 fully saturated rings. The maximum Gasteiger partial charge on any atom is 0.260 e. The molecule has 1 amide bonds. The first kappa shape index (κ1) is 20.1. The van der Waals surface area contributed by atoms with Gasteiger partial charge < -0.3 is 4.74 Å². The molecule has 1 heterocycles. The van der Waals surface area contributed by atoms with Crippen LogP contribution in [0, 0.1) is 0 Å². The van der Waals surface area contributed by atoms with Crippen molar-refractivity contribution in [1.82, 2.24) is 4.98 Å². The van der Waals surface area contributed by atoms with E-state index in [-0.39, 0.29) is 5.91 Å². The molecule has 0 aliphatic heterocycles. The van der Waals surface area contributed by atoms with E-state index in [2.05, 4.69) is 32.0 Å². The van der Waals surface area contributed by atoms with Crippen LogP contribution in [0.4, 0.5) is 5.13 Å². The Bertz CT molecular complexity index is 1150. The van der Waals surface area contributed by atoms with Gasteiger partial charge in [0.15, 0.2) is 5.13 Å². The van der Waals surface area contributed by atoms with Crippen molar-refractivity contribution in [1.29, 1.82) is 0 Å². The molecule has 0 radical (unpaired) electrons. The van der Waals surface area contributed by atoms with Gasteiger partial charge in [-0.15, -0.1) is 0 Å². The third-order valence-electron chi connectivity index (χ3n) is 5.06. The number of benzene rings is 3. The van der Waals surface area contributed by atoms with Crippen LogP contribution in [0.5, 0.6) is 5.75 Å². The molecular weight excluding hydrogens is 392 g/mol. The Morgan fingerprint density at radius 1 is 1.00 bits per heavy atom. The normalized spacial score (nSPS) is 11.1. The number of ether oxygens (including phenoxy) is 1. The molecule has 0 saturated carbocycles. The molecule has 0 spiro atoms. The van der Waals surface area contributed by atoms with Gasteiger partial charge in [-0.3, -0.25) is 9.69 Å². The molecule has 152 valence electrons. The minimum absolute atomic E-state index is 0.0772. The predicted molar refractivity (Wildman–Crippen MR) is 124 cm³/mol. The zero-order valence-corrected chi connectivity index (χ0v) is 18.1. The summed E-state index contributed by atoms with van der Waals surface area (Å²) in [6, 6.07) is 23.5. The van der Waals surface area contributed by atoms with E-state index in [1.165, 1.54) is 5.56 Å². The lowest BCUT2D eigenvalue weighted by atomic mass is 10.0. The van der Waals surface area contributed by atoms with Crippen LogP contribution < -0.4 is 9.64 Å². The van der Waals surface area contributed by atoms with Crippen molar-refractivity contribution < 1.29 is 9.53 Å². The number of carbonyl (C=O) groups is 1. The molecule has 4 aromatic rings. The van der Waals surface area contributed by atoms with Gasteiger partial charge in [0.25, 0.3) is 5.91 Å². The Balaban J connectivity index is 1.77. The van der Waals surface area contributed by atoms with E-state index in [1.54, 1.807) is 35.5 Å². The highest BCUT2D eigenvalue weighted by Gasteiger charge is 2.23. The lowest BCUT2D eigenvalue weighted by molar-refractivity contribution is 0.0985. The van der Waals surface area contributed by atoms with Gasteiger partial charge in [0, 0.05) is 5.56 Å². The van der Waals surface area contributed by atoms with Crippen molar-refractivity contribution >= 4 is 32.6 Å². The number of amides is 1. The van der Waals surface area contributed by atoms with Crippen molar-refractivity contribution in [2.24, 2.45) is 0 Å². The highest BCUT2D eigenvalue weighted by atomic mass is 32.1. The van der Waals surface area contributed by atoms with Crippen LogP contribution in [0.3, 0.4) is 0 Å². The molecule has 4 rings (SSSR count). The standard InChI is InChI=1S/C25H24N2O2S/c1-17(2)21-10-7-11-22-23(21)26-25(30-22)27(16-18-8-5-4-6-9-18)24(28)19-12-14-20(29-3)15-13-19/h4-15,17H,16H2,1-3H3. The molecule has 3 aromatic carbocycles. The molecule has 0 aliphatic rings. The van der Waals surface area contributed by atoms with Gasteiger partial charge in [-0.05, 0) is 47.4 Å². The fraction of sp³-hybridized carbons (Fsp3) is 0.200. The van der Waals surface area contributed by atoms with Gasteiger partial charge in [-0.25, -0.2) is 4.98 Å². The molecule has 30 heavy (non-hydrogen) atoms. The van der Waals surface area contributed by atoms with E-state index in [0.29, 0.717) is 23.2 Å². The van der Waals surface area contributed by atoms with Crippen molar-refractivity contribution in [3.63, 3.8) is 0 Å². The number of para-hydroxylation sites is 1. The number of hydrogen-bond donors (Lipinski definition) is 0. The summed E-state index contributed by atoms with van der Waals surface area (Å²) in [5, 5.41) is 0.711. The summed E-state index contributed by atoms with van der Waals surface area (Å²) in [5.74, 6) is 1.01. The topological polar surface area (TPSA) is 42.4 Å². The van der Waals surface area contributed by atoms with Crippen molar-refractivity contribution in [3.05, 3.63) is 89.5 Å². The van der Waals surface area contributed by atoms with Gasteiger partial charge in [0.1, 0.15) is 5.75 Å². The highest BCUT2D eigenvalue weighted by molar-refractivity contribution is 7.22. The molecular formula is C25H24N2O2S. The fourth-order valence-electron chi connectivity index (χ4n) is 3.42. The predicted octanol–water partition coefficient (Wildman–Crippen LogP) is 6.28. The Kier molecular flexibility index (Phi) is 5.81. The fourth-order valence-corrected chi connectivity index (χ4v) is 4.42. The summed E-state index contributed by atoms with van der Waals surface area (Å²) in [5.41, 5.74) is 3.84. The molecule has 1 aromatic heterocycles. The molecule has 0 atom stereocenters. The maximum absolute atomic E-state index is 13.5. The van der Waals surface area contributed by atoms with Crippen molar-refractivity contribution in [3.8, 4) is 5.75 Å². The van der Waals surface area contributed by atoms with Crippen LogP contribution in [0.1, 0.15) is 41.3 Å². The summed E-state index contributed by atoms with van der Waals surface area (Å²) in [7, 11) is 1.62. The number of rotatable bonds is 6. The minimum Gasteiger partial charge on any atom is -0.497 e. The molecule has 0 unspecified atom stereocenters. The average Bonchev–Trinajstić information content (AvgIpc) is 3.21. The lowest BCUT2D eigenvalue weighted by Crippen LogP contribution is -2.30. The zero-order chi connectivity index (χ0) is 21.1. The van der Waals surface area contributed by atoms with Gasteiger partial charge in [0.2, 0.25) is 0 Å². The van der Waals surface area contributed by atoms with Crippen LogP contribution in [-0.4, -0.2) is 18.0 Å². The second-order valence-electron chi connectivity index (χ2n) is 7.45.